The fourth-order valence-corrected chi connectivity index (χ4v) is 3.40. The van der Waals surface area contributed by atoms with Crippen molar-refractivity contribution in [1.29, 1.82) is 0 Å². The van der Waals surface area contributed by atoms with Crippen molar-refractivity contribution >= 4 is 9.84 Å². The van der Waals surface area contributed by atoms with Crippen LogP contribution in [0.2, 0.25) is 0 Å². The number of ether oxygens (including phenoxy) is 1. The lowest BCUT2D eigenvalue weighted by Crippen LogP contribution is -2.37. The molecule has 6 heteroatoms. The summed E-state index contributed by atoms with van der Waals surface area (Å²) in [5, 5.41) is 0. The SMILES string of the molecule is CCN1CC[C@H](N(C)CCOc2cccc(S(C)(=O)=O)c2)C1. The number of likely N-dealkylation sites (tertiary alicyclic amines) is 1. The van der Waals surface area contributed by atoms with E-state index in [1.165, 1.54) is 19.2 Å². The summed E-state index contributed by atoms with van der Waals surface area (Å²) in [4.78, 5) is 5.08. The van der Waals surface area contributed by atoms with Crippen molar-refractivity contribution in [3.8, 4) is 5.75 Å². The van der Waals surface area contributed by atoms with Crippen LogP contribution in [0.15, 0.2) is 29.2 Å². The van der Waals surface area contributed by atoms with Gasteiger partial charge in [-0.15, -0.1) is 0 Å². The molecule has 1 aliphatic heterocycles. The summed E-state index contributed by atoms with van der Waals surface area (Å²) < 4.78 is 28.8. The summed E-state index contributed by atoms with van der Waals surface area (Å²) in [6, 6.07) is 7.27. The van der Waals surface area contributed by atoms with Crippen LogP contribution in [0.4, 0.5) is 0 Å². The van der Waals surface area contributed by atoms with Gasteiger partial charge in [0.15, 0.2) is 9.84 Å². The Hall–Kier alpha value is -1.11. The highest BCUT2D eigenvalue weighted by Crippen LogP contribution is 2.18. The Balaban J connectivity index is 1.81. The standard InChI is InChI=1S/C16H26N2O3S/c1-4-18-9-8-14(13-18)17(2)10-11-21-15-6-5-7-16(12-15)22(3,19)20/h5-7,12,14H,4,8-11,13H2,1-3H3/t14-/m0/s1. The van der Waals surface area contributed by atoms with E-state index >= 15 is 0 Å². The Morgan fingerprint density at radius 2 is 2.18 bits per heavy atom. The molecule has 0 saturated carbocycles. The second-order valence-electron chi connectivity index (χ2n) is 5.91. The van der Waals surface area contributed by atoms with E-state index in [1.54, 1.807) is 24.3 Å². The van der Waals surface area contributed by atoms with Gasteiger partial charge in [-0.25, -0.2) is 8.42 Å². The summed E-state index contributed by atoms with van der Waals surface area (Å²) >= 11 is 0. The molecule has 0 aromatic heterocycles. The summed E-state index contributed by atoms with van der Waals surface area (Å²) in [6.07, 6.45) is 2.41. The van der Waals surface area contributed by atoms with Crippen molar-refractivity contribution in [1.82, 2.24) is 9.80 Å². The molecule has 1 aromatic carbocycles. The highest BCUT2D eigenvalue weighted by molar-refractivity contribution is 7.90. The predicted molar refractivity (Wildman–Crippen MR) is 88.2 cm³/mol. The molecule has 124 valence electrons. The average molecular weight is 326 g/mol. The number of hydrogen-bond donors (Lipinski definition) is 0. The van der Waals surface area contributed by atoms with Crippen molar-refractivity contribution in [2.24, 2.45) is 0 Å². The summed E-state index contributed by atoms with van der Waals surface area (Å²) in [6.45, 7) is 7.00. The molecule has 0 unspecified atom stereocenters. The maximum Gasteiger partial charge on any atom is 0.175 e. The average Bonchev–Trinajstić information content (AvgIpc) is 2.95. The molecule has 5 nitrogen and oxygen atoms in total. The first-order chi connectivity index (χ1) is 10.4. The molecule has 1 fully saturated rings. The Labute approximate surface area is 133 Å². The molecular formula is C16H26N2O3S. The molecule has 1 aromatic rings. The van der Waals surface area contributed by atoms with E-state index in [0.717, 1.165) is 19.6 Å². The minimum atomic E-state index is -3.18. The molecule has 1 atom stereocenters. The molecular weight excluding hydrogens is 300 g/mol. The third-order valence-corrected chi connectivity index (χ3v) is 5.37. The van der Waals surface area contributed by atoms with Crippen LogP contribution in [0.1, 0.15) is 13.3 Å². The van der Waals surface area contributed by atoms with Gasteiger partial charge in [0.05, 0.1) is 4.90 Å². The second kappa shape index (κ2) is 7.44. The topological polar surface area (TPSA) is 49.9 Å². The Morgan fingerprint density at radius 1 is 1.41 bits per heavy atom. The van der Waals surface area contributed by atoms with E-state index in [1.807, 2.05) is 0 Å². The molecule has 0 N–H and O–H groups in total. The van der Waals surface area contributed by atoms with Gasteiger partial charge >= 0.3 is 0 Å². The highest BCUT2D eigenvalue weighted by atomic mass is 32.2. The van der Waals surface area contributed by atoms with Crippen LogP contribution in [-0.4, -0.2) is 70.3 Å². The minimum absolute atomic E-state index is 0.299. The van der Waals surface area contributed by atoms with Gasteiger partial charge in [-0.1, -0.05) is 13.0 Å². The van der Waals surface area contributed by atoms with Crippen LogP contribution in [0.25, 0.3) is 0 Å². The highest BCUT2D eigenvalue weighted by Gasteiger charge is 2.24. The van der Waals surface area contributed by atoms with Gasteiger partial charge in [0.25, 0.3) is 0 Å². The molecule has 22 heavy (non-hydrogen) atoms. The number of benzene rings is 1. The van der Waals surface area contributed by atoms with Crippen LogP contribution < -0.4 is 4.74 Å². The molecule has 0 radical (unpaired) electrons. The van der Waals surface area contributed by atoms with Crippen LogP contribution in [0.5, 0.6) is 5.75 Å². The van der Waals surface area contributed by atoms with Crippen molar-refractivity contribution in [3.63, 3.8) is 0 Å². The van der Waals surface area contributed by atoms with Crippen LogP contribution >= 0.6 is 0 Å². The van der Waals surface area contributed by atoms with Gasteiger partial charge in [-0.2, -0.15) is 0 Å². The van der Waals surface area contributed by atoms with Gasteiger partial charge in [0.1, 0.15) is 12.4 Å². The Kier molecular flexibility index (Phi) is 5.83. The molecule has 1 aliphatic rings. The van der Waals surface area contributed by atoms with E-state index in [4.69, 9.17) is 4.74 Å². The van der Waals surface area contributed by atoms with Crippen molar-refractivity contribution in [3.05, 3.63) is 24.3 Å². The molecule has 2 rings (SSSR count). The monoisotopic (exact) mass is 326 g/mol. The number of rotatable bonds is 7. The molecule has 0 spiro atoms. The lowest BCUT2D eigenvalue weighted by molar-refractivity contribution is 0.189. The van der Waals surface area contributed by atoms with Crippen LogP contribution in [0, 0.1) is 0 Å². The van der Waals surface area contributed by atoms with Gasteiger partial charge in [-0.3, -0.25) is 4.90 Å². The predicted octanol–water partition coefficient (Wildman–Crippen LogP) is 1.49. The second-order valence-corrected chi connectivity index (χ2v) is 7.93. The molecule has 0 aliphatic carbocycles. The molecule has 0 amide bonds. The third-order valence-electron chi connectivity index (χ3n) is 4.26. The molecule has 1 saturated heterocycles. The summed E-state index contributed by atoms with van der Waals surface area (Å²) in [5.74, 6) is 0.609. The fraction of sp³-hybridized carbons (Fsp3) is 0.625. The maximum atomic E-state index is 11.5. The first kappa shape index (κ1) is 17.2. The van der Waals surface area contributed by atoms with E-state index < -0.39 is 9.84 Å². The first-order valence-electron chi connectivity index (χ1n) is 7.75. The van der Waals surface area contributed by atoms with Crippen LogP contribution in [0.3, 0.4) is 0 Å². The van der Waals surface area contributed by atoms with E-state index in [-0.39, 0.29) is 0 Å². The zero-order valence-electron chi connectivity index (χ0n) is 13.7. The number of hydrogen-bond acceptors (Lipinski definition) is 5. The van der Waals surface area contributed by atoms with Crippen molar-refractivity contribution < 1.29 is 13.2 Å². The van der Waals surface area contributed by atoms with Gasteiger partial charge < -0.3 is 9.64 Å². The van der Waals surface area contributed by atoms with Gasteiger partial charge in [-0.05, 0) is 44.8 Å². The lowest BCUT2D eigenvalue weighted by Gasteiger charge is -2.24. The van der Waals surface area contributed by atoms with E-state index in [0.29, 0.717) is 23.3 Å². The third kappa shape index (κ3) is 4.69. The Bertz CT molecular complexity index is 589. The quantitative estimate of drug-likeness (QED) is 0.760. The minimum Gasteiger partial charge on any atom is -0.492 e. The maximum absolute atomic E-state index is 11.5. The van der Waals surface area contributed by atoms with Gasteiger partial charge in [0.2, 0.25) is 0 Å². The summed E-state index contributed by atoms with van der Waals surface area (Å²) in [7, 11) is -1.06. The molecule has 0 bridgehead atoms. The van der Waals surface area contributed by atoms with Gasteiger partial charge in [0, 0.05) is 25.4 Å². The fourth-order valence-electron chi connectivity index (χ4n) is 2.74. The van der Waals surface area contributed by atoms with Crippen LogP contribution in [-0.2, 0) is 9.84 Å². The normalized spacial score (nSPS) is 19.7. The van der Waals surface area contributed by atoms with E-state index in [2.05, 4.69) is 23.8 Å². The number of nitrogens with zero attached hydrogens (tertiary/aromatic N) is 2. The van der Waals surface area contributed by atoms with E-state index in [9.17, 15) is 8.42 Å². The first-order valence-corrected chi connectivity index (χ1v) is 9.65. The zero-order chi connectivity index (χ0) is 16.2. The lowest BCUT2D eigenvalue weighted by atomic mass is 10.2. The van der Waals surface area contributed by atoms with Crippen molar-refractivity contribution in [2.45, 2.75) is 24.3 Å². The largest absolute Gasteiger partial charge is 0.492 e. The Morgan fingerprint density at radius 3 is 2.82 bits per heavy atom. The number of sulfone groups is 1. The molecule has 1 heterocycles. The zero-order valence-corrected chi connectivity index (χ0v) is 14.5. The number of likely N-dealkylation sites (N-methyl/N-ethyl adjacent to an activating group) is 2. The summed E-state index contributed by atoms with van der Waals surface area (Å²) in [5.41, 5.74) is 0. The smallest absolute Gasteiger partial charge is 0.175 e. The van der Waals surface area contributed by atoms with Crippen molar-refractivity contribution in [2.75, 3.05) is 46.1 Å².